The summed E-state index contributed by atoms with van der Waals surface area (Å²) in [6.45, 7) is 7.45. The molecule has 1 aliphatic rings. The molecule has 0 saturated carbocycles. The van der Waals surface area contributed by atoms with Gasteiger partial charge >= 0.3 is 12.2 Å². The molecule has 0 aliphatic carbocycles. The Kier molecular flexibility index (Phi) is 7.28. The zero-order valence-corrected chi connectivity index (χ0v) is 15.1. The summed E-state index contributed by atoms with van der Waals surface area (Å²) in [5.74, 6) is 0. The van der Waals surface area contributed by atoms with Crippen molar-refractivity contribution >= 4 is 11.7 Å². The molecule has 0 bridgehead atoms. The smallest absolute Gasteiger partial charge is 0.373 e. The average Bonchev–Trinajstić information content (AvgIpc) is 2.53. The number of nitrogens with one attached hydrogen (secondary N) is 2. The Morgan fingerprint density at radius 1 is 1.15 bits per heavy atom. The van der Waals surface area contributed by atoms with E-state index in [0.717, 1.165) is 44.6 Å². The third kappa shape index (κ3) is 6.84. The Bertz CT molecular complexity index is 568. The highest BCUT2D eigenvalue weighted by atomic mass is 19.4. The highest BCUT2D eigenvalue weighted by Gasteiger charge is 2.30. The number of unbranched alkanes of at least 4 members (excludes halogenated alkanes) is 1. The predicted octanol–water partition coefficient (Wildman–Crippen LogP) is 3.72. The number of benzene rings is 1. The van der Waals surface area contributed by atoms with Crippen molar-refractivity contribution < 1.29 is 22.7 Å². The highest BCUT2D eigenvalue weighted by molar-refractivity contribution is 5.89. The maximum Gasteiger partial charge on any atom is 0.416 e. The van der Waals surface area contributed by atoms with Crippen LogP contribution in [0.1, 0.15) is 32.3 Å². The molecule has 1 aliphatic heterocycles. The fourth-order valence-electron chi connectivity index (χ4n) is 3.05. The predicted molar refractivity (Wildman–Crippen MR) is 94.1 cm³/mol. The van der Waals surface area contributed by atoms with Gasteiger partial charge in [-0.1, -0.05) is 0 Å². The van der Waals surface area contributed by atoms with Crippen molar-refractivity contribution in [3.8, 4) is 0 Å². The van der Waals surface area contributed by atoms with Crippen LogP contribution in [0.2, 0.25) is 0 Å². The third-order valence-corrected chi connectivity index (χ3v) is 4.15. The zero-order valence-electron chi connectivity index (χ0n) is 15.1. The molecule has 1 heterocycles. The van der Waals surface area contributed by atoms with Crippen molar-refractivity contribution in [1.29, 1.82) is 0 Å². The van der Waals surface area contributed by atoms with E-state index in [2.05, 4.69) is 29.4 Å². The van der Waals surface area contributed by atoms with Crippen molar-refractivity contribution in [3.05, 3.63) is 29.8 Å². The summed E-state index contributed by atoms with van der Waals surface area (Å²) < 4.78 is 43.2. The monoisotopic (exact) mass is 373 g/mol. The molecule has 0 unspecified atom stereocenters. The lowest BCUT2D eigenvalue weighted by molar-refractivity contribution is -0.137. The van der Waals surface area contributed by atoms with Crippen molar-refractivity contribution in [2.45, 2.75) is 45.1 Å². The lowest BCUT2D eigenvalue weighted by Crippen LogP contribution is -2.45. The topological polar surface area (TPSA) is 53.6 Å². The number of alkyl halides is 3. The molecule has 1 saturated heterocycles. The number of halogens is 3. The molecule has 0 spiro atoms. The number of nitrogens with zero attached hydrogens (tertiary/aromatic N) is 1. The van der Waals surface area contributed by atoms with Crippen molar-refractivity contribution in [2.24, 2.45) is 0 Å². The number of hydrogen-bond donors (Lipinski definition) is 2. The van der Waals surface area contributed by atoms with E-state index in [1.165, 1.54) is 12.1 Å². The number of anilines is 1. The Balaban J connectivity index is 1.62. The van der Waals surface area contributed by atoms with E-state index in [-0.39, 0.29) is 12.2 Å². The van der Waals surface area contributed by atoms with Crippen LogP contribution in [-0.4, -0.2) is 49.3 Å². The summed E-state index contributed by atoms with van der Waals surface area (Å²) in [4.78, 5) is 14.1. The van der Waals surface area contributed by atoms with Crippen LogP contribution in [0.5, 0.6) is 0 Å². The Labute approximate surface area is 151 Å². The van der Waals surface area contributed by atoms with Crippen LogP contribution < -0.4 is 10.6 Å². The zero-order chi connectivity index (χ0) is 19.2. The van der Waals surface area contributed by atoms with Gasteiger partial charge in [0.1, 0.15) is 0 Å². The van der Waals surface area contributed by atoms with Gasteiger partial charge in [-0.25, -0.2) is 4.79 Å². The molecule has 2 atom stereocenters. The maximum absolute atomic E-state index is 12.5. The lowest BCUT2D eigenvalue weighted by atomic mass is 10.2. The van der Waals surface area contributed by atoms with Gasteiger partial charge in [-0.15, -0.1) is 0 Å². The molecule has 146 valence electrons. The van der Waals surface area contributed by atoms with E-state index in [1.807, 2.05) is 0 Å². The number of hydrogen-bond acceptors (Lipinski definition) is 3. The first-order valence-corrected chi connectivity index (χ1v) is 8.84. The molecule has 0 aromatic heterocycles. The minimum Gasteiger partial charge on any atom is -0.373 e. The van der Waals surface area contributed by atoms with Crippen LogP contribution in [0.3, 0.4) is 0 Å². The van der Waals surface area contributed by atoms with Crippen LogP contribution in [0, 0.1) is 0 Å². The SMILES string of the molecule is C[C@@H]1CN(CCCCNC(=O)Nc2ccc(C(F)(F)F)cc2)C[C@H](C)O1. The van der Waals surface area contributed by atoms with Gasteiger partial charge in [0, 0.05) is 25.3 Å². The quantitative estimate of drug-likeness (QED) is 0.748. The van der Waals surface area contributed by atoms with Crippen LogP contribution in [0.15, 0.2) is 24.3 Å². The molecule has 26 heavy (non-hydrogen) atoms. The number of carbonyl (C=O) groups is 1. The Hall–Kier alpha value is -1.80. The summed E-state index contributed by atoms with van der Waals surface area (Å²) in [6, 6.07) is 3.95. The molecule has 1 aromatic rings. The average molecular weight is 373 g/mol. The molecule has 1 fully saturated rings. The maximum atomic E-state index is 12.5. The summed E-state index contributed by atoms with van der Waals surface area (Å²) in [5.41, 5.74) is -0.415. The van der Waals surface area contributed by atoms with Crippen molar-refractivity contribution in [3.63, 3.8) is 0 Å². The van der Waals surface area contributed by atoms with Gasteiger partial charge in [0.05, 0.1) is 17.8 Å². The van der Waals surface area contributed by atoms with E-state index >= 15 is 0 Å². The molecule has 8 heteroatoms. The minimum atomic E-state index is -4.38. The number of rotatable bonds is 6. The normalized spacial score (nSPS) is 21.4. The summed E-state index contributed by atoms with van der Waals surface area (Å²) in [5, 5.41) is 5.24. The van der Waals surface area contributed by atoms with Gasteiger partial charge in [0.25, 0.3) is 0 Å². The van der Waals surface area contributed by atoms with Crippen molar-refractivity contribution in [2.75, 3.05) is 31.5 Å². The summed E-state index contributed by atoms with van der Waals surface area (Å²) in [7, 11) is 0. The minimum absolute atomic E-state index is 0.242. The Morgan fingerprint density at radius 2 is 1.77 bits per heavy atom. The number of morpholine rings is 1. The fraction of sp³-hybridized carbons (Fsp3) is 0.611. The van der Waals surface area contributed by atoms with Crippen LogP contribution in [0.4, 0.5) is 23.7 Å². The second-order valence-electron chi connectivity index (χ2n) is 6.68. The summed E-state index contributed by atoms with van der Waals surface area (Å²) >= 11 is 0. The van der Waals surface area contributed by atoms with Crippen LogP contribution >= 0.6 is 0 Å². The van der Waals surface area contributed by atoms with Crippen LogP contribution in [-0.2, 0) is 10.9 Å². The first kappa shape index (κ1) is 20.5. The third-order valence-electron chi connectivity index (χ3n) is 4.15. The molecule has 1 aromatic carbocycles. The highest BCUT2D eigenvalue weighted by Crippen LogP contribution is 2.29. The largest absolute Gasteiger partial charge is 0.416 e. The first-order valence-electron chi connectivity index (χ1n) is 8.84. The van der Waals surface area contributed by atoms with Gasteiger partial charge in [0.2, 0.25) is 0 Å². The molecule has 2 N–H and O–H groups in total. The number of urea groups is 1. The second-order valence-corrected chi connectivity index (χ2v) is 6.68. The number of carbonyl (C=O) groups excluding carboxylic acids is 1. The van der Waals surface area contributed by atoms with Gasteiger partial charge in [-0.05, 0) is 57.5 Å². The van der Waals surface area contributed by atoms with Gasteiger partial charge in [0.15, 0.2) is 0 Å². The van der Waals surface area contributed by atoms with Crippen molar-refractivity contribution in [1.82, 2.24) is 10.2 Å². The van der Waals surface area contributed by atoms with Crippen LogP contribution in [0.25, 0.3) is 0 Å². The molecular formula is C18H26F3N3O2. The van der Waals surface area contributed by atoms with E-state index in [1.54, 1.807) is 0 Å². The van der Waals surface area contributed by atoms with Gasteiger partial charge < -0.3 is 15.4 Å². The Morgan fingerprint density at radius 3 is 2.35 bits per heavy atom. The van der Waals surface area contributed by atoms with Gasteiger partial charge in [-0.3, -0.25) is 4.90 Å². The van der Waals surface area contributed by atoms with E-state index in [9.17, 15) is 18.0 Å². The standard InChI is InChI=1S/C18H26F3N3O2/c1-13-11-24(12-14(2)26-13)10-4-3-9-22-17(25)23-16-7-5-15(6-8-16)18(19,20)21/h5-8,13-14H,3-4,9-12H2,1-2H3,(H2,22,23,25)/t13-,14+. The first-order chi connectivity index (χ1) is 12.2. The molecule has 0 radical (unpaired) electrons. The molecule has 5 nitrogen and oxygen atoms in total. The van der Waals surface area contributed by atoms with E-state index < -0.39 is 17.8 Å². The molecule has 2 rings (SSSR count). The fourth-order valence-corrected chi connectivity index (χ4v) is 3.05. The molecule has 2 amide bonds. The summed E-state index contributed by atoms with van der Waals surface area (Å²) in [6.07, 6.45) is -2.10. The molecular weight excluding hydrogens is 347 g/mol. The van der Waals surface area contributed by atoms with E-state index in [0.29, 0.717) is 12.2 Å². The lowest BCUT2D eigenvalue weighted by Gasteiger charge is -2.35. The second kappa shape index (κ2) is 9.23. The van der Waals surface area contributed by atoms with E-state index in [4.69, 9.17) is 4.74 Å². The number of ether oxygens (including phenoxy) is 1. The van der Waals surface area contributed by atoms with Gasteiger partial charge in [-0.2, -0.15) is 13.2 Å². The number of amides is 2.